The van der Waals surface area contributed by atoms with Crippen molar-refractivity contribution in [1.29, 1.82) is 0 Å². The van der Waals surface area contributed by atoms with Crippen LogP contribution in [0.1, 0.15) is 6.92 Å². The number of carbonyl (C=O) groups is 2. The highest BCUT2D eigenvalue weighted by Crippen LogP contribution is 2.10. The number of rotatable bonds is 3. The standard InChI is InChI=1S/C8H10O4/c1-2-3-6(10)7-5-11-8(4-9)12-7/h2-4,7-8H,5H2,1H3. The number of allylic oxidation sites excluding steroid dienone is 1. The maximum Gasteiger partial charge on any atom is 0.215 e. The van der Waals surface area contributed by atoms with Gasteiger partial charge in [0.05, 0.1) is 6.61 Å². The Morgan fingerprint density at radius 3 is 2.83 bits per heavy atom. The lowest BCUT2D eigenvalue weighted by Gasteiger charge is -2.02. The van der Waals surface area contributed by atoms with Crippen LogP contribution in [0.3, 0.4) is 0 Å². The molecule has 1 heterocycles. The molecule has 1 aliphatic rings. The second-order valence-corrected chi connectivity index (χ2v) is 2.36. The van der Waals surface area contributed by atoms with Gasteiger partial charge in [-0.2, -0.15) is 0 Å². The summed E-state index contributed by atoms with van der Waals surface area (Å²) in [6, 6.07) is 0. The number of hydrogen-bond donors (Lipinski definition) is 0. The third kappa shape index (κ3) is 1.99. The van der Waals surface area contributed by atoms with Gasteiger partial charge in [0.2, 0.25) is 6.29 Å². The third-order valence-electron chi connectivity index (χ3n) is 1.47. The van der Waals surface area contributed by atoms with E-state index in [2.05, 4.69) is 0 Å². The summed E-state index contributed by atoms with van der Waals surface area (Å²) in [5.74, 6) is -0.165. The number of hydrogen-bond acceptors (Lipinski definition) is 4. The number of ketones is 1. The minimum absolute atomic E-state index is 0.159. The van der Waals surface area contributed by atoms with Gasteiger partial charge in [0.1, 0.15) is 6.10 Å². The quantitative estimate of drug-likeness (QED) is 0.444. The summed E-state index contributed by atoms with van der Waals surface area (Å²) in [6.07, 6.45) is 2.07. The second-order valence-electron chi connectivity index (χ2n) is 2.36. The molecule has 66 valence electrons. The normalized spacial score (nSPS) is 29.4. The summed E-state index contributed by atoms with van der Waals surface area (Å²) in [7, 11) is 0. The smallest absolute Gasteiger partial charge is 0.215 e. The fourth-order valence-corrected chi connectivity index (χ4v) is 0.915. The lowest BCUT2D eigenvalue weighted by atomic mass is 10.2. The Balaban J connectivity index is 2.46. The van der Waals surface area contributed by atoms with Gasteiger partial charge in [-0.05, 0) is 13.0 Å². The van der Waals surface area contributed by atoms with Gasteiger partial charge in [0.25, 0.3) is 0 Å². The molecule has 4 nitrogen and oxygen atoms in total. The molecule has 4 heteroatoms. The molecule has 0 N–H and O–H groups in total. The summed E-state index contributed by atoms with van der Waals surface area (Å²) in [6.45, 7) is 1.90. The van der Waals surface area contributed by atoms with E-state index in [1.54, 1.807) is 13.0 Å². The van der Waals surface area contributed by atoms with Crippen molar-refractivity contribution in [3.05, 3.63) is 12.2 Å². The van der Waals surface area contributed by atoms with E-state index < -0.39 is 12.4 Å². The molecule has 0 saturated carbocycles. The Morgan fingerprint density at radius 1 is 1.58 bits per heavy atom. The van der Waals surface area contributed by atoms with E-state index in [0.717, 1.165) is 0 Å². The SMILES string of the molecule is CC=CC(=O)C1COC(C=O)O1. The van der Waals surface area contributed by atoms with Gasteiger partial charge >= 0.3 is 0 Å². The molecule has 1 fully saturated rings. The van der Waals surface area contributed by atoms with Gasteiger partial charge in [-0.1, -0.05) is 6.08 Å². The van der Waals surface area contributed by atoms with Crippen molar-refractivity contribution in [2.24, 2.45) is 0 Å². The van der Waals surface area contributed by atoms with Crippen LogP contribution in [0.4, 0.5) is 0 Å². The molecule has 2 unspecified atom stereocenters. The Kier molecular flexibility index (Phi) is 3.13. The zero-order valence-corrected chi connectivity index (χ0v) is 6.73. The first-order valence-electron chi connectivity index (χ1n) is 3.67. The molecule has 0 spiro atoms. The first-order valence-corrected chi connectivity index (χ1v) is 3.67. The molecule has 0 bridgehead atoms. The minimum Gasteiger partial charge on any atom is -0.343 e. The van der Waals surface area contributed by atoms with Gasteiger partial charge in [-0.25, -0.2) is 0 Å². The number of aldehydes is 1. The summed E-state index contributed by atoms with van der Waals surface area (Å²) in [5.41, 5.74) is 0. The molecule has 0 amide bonds. The van der Waals surface area contributed by atoms with Gasteiger partial charge in [0, 0.05) is 0 Å². The zero-order chi connectivity index (χ0) is 8.97. The molecular weight excluding hydrogens is 160 g/mol. The van der Waals surface area contributed by atoms with Crippen LogP contribution >= 0.6 is 0 Å². The van der Waals surface area contributed by atoms with Gasteiger partial charge in [-0.15, -0.1) is 0 Å². The highest BCUT2D eigenvalue weighted by molar-refractivity contribution is 5.93. The Bertz CT molecular complexity index is 209. The highest BCUT2D eigenvalue weighted by Gasteiger charge is 2.29. The van der Waals surface area contributed by atoms with Crippen LogP contribution < -0.4 is 0 Å². The predicted molar refractivity (Wildman–Crippen MR) is 40.5 cm³/mol. The van der Waals surface area contributed by atoms with Crippen molar-refractivity contribution in [1.82, 2.24) is 0 Å². The predicted octanol–water partition coefficient (Wildman–Crippen LogP) is 0.0720. The van der Waals surface area contributed by atoms with E-state index in [9.17, 15) is 9.59 Å². The van der Waals surface area contributed by atoms with Gasteiger partial charge < -0.3 is 9.47 Å². The van der Waals surface area contributed by atoms with E-state index in [0.29, 0.717) is 6.29 Å². The summed E-state index contributed by atoms with van der Waals surface area (Å²) >= 11 is 0. The Hall–Kier alpha value is -1.00. The molecule has 1 saturated heterocycles. The minimum atomic E-state index is -0.871. The molecule has 0 radical (unpaired) electrons. The van der Waals surface area contributed by atoms with Crippen LogP contribution in [0.15, 0.2) is 12.2 Å². The van der Waals surface area contributed by atoms with Crippen LogP contribution in [0.5, 0.6) is 0 Å². The summed E-state index contributed by atoms with van der Waals surface area (Å²) in [4.78, 5) is 21.3. The van der Waals surface area contributed by atoms with Gasteiger partial charge in [-0.3, -0.25) is 9.59 Å². The van der Waals surface area contributed by atoms with Crippen molar-refractivity contribution >= 4 is 12.1 Å². The average Bonchev–Trinajstić information content (AvgIpc) is 2.52. The molecule has 1 aliphatic heterocycles. The van der Waals surface area contributed by atoms with E-state index in [1.807, 2.05) is 0 Å². The topological polar surface area (TPSA) is 52.6 Å². The number of carbonyl (C=O) groups excluding carboxylic acids is 2. The van der Waals surface area contributed by atoms with Crippen molar-refractivity contribution in [2.45, 2.75) is 19.3 Å². The van der Waals surface area contributed by atoms with Crippen molar-refractivity contribution in [3.63, 3.8) is 0 Å². The Morgan fingerprint density at radius 2 is 2.33 bits per heavy atom. The molecule has 0 aliphatic carbocycles. The largest absolute Gasteiger partial charge is 0.343 e. The van der Waals surface area contributed by atoms with Crippen LogP contribution in [-0.4, -0.2) is 31.1 Å². The van der Waals surface area contributed by atoms with E-state index in [-0.39, 0.29) is 12.4 Å². The average molecular weight is 170 g/mol. The lowest BCUT2D eigenvalue weighted by molar-refractivity contribution is -0.137. The lowest BCUT2D eigenvalue weighted by Crippen LogP contribution is -2.21. The zero-order valence-electron chi connectivity index (χ0n) is 6.73. The van der Waals surface area contributed by atoms with Crippen LogP contribution in [-0.2, 0) is 19.1 Å². The Labute approximate surface area is 70.1 Å². The summed E-state index contributed by atoms with van der Waals surface area (Å²) < 4.78 is 9.77. The third-order valence-corrected chi connectivity index (χ3v) is 1.47. The fourth-order valence-electron chi connectivity index (χ4n) is 0.915. The molecular formula is C8H10O4. The van der Waals surface area contributed by atoms with Gasteiger partial charge in [0.15, 0.2) is 12.1 Å². The molecule has 0 aromatic heterocycles. The highest BCUT2D eigenvalue weighted by atomic mass is 16.7. The molecule has 0 aromatic carbocycles. The van der Waals surface area contributed by atoms with Crippen molar-refractivity contribution in [3.8, 4) is 0 Å². The van der Waals surface area contributed by atoms with Crippen molar-refractivity contribution in [2.75, 3.05) is 6.61 Å². The molecule has 2 atom stereocenters. The van der Waals surface area contributed by atoms with Crippen LogP contribution in [0, 0.1) is 0 Å². The molecule has 1 rings (SSSR count). The summed E-state index contributed by atoms with van der Waals surface area (Å²) in [5, 5.41) is 0. The fraction of sp³-hybridized carbons (Fsp3) is 0.500. The van der Waals surface area contributed by atoms with Crippen LogP contribution in [0.25, 0.3) is 0 Å². The molecule has 12 heavy (non-hydrogen) atoms. The first-order chi connectivity index (χ1) is 5.77. The van der Waals surface area contributed by atoms with E-state index >= 15 is 0 Å². The maximum atomic E-state index is 11.1. The monoisotopic (exact) mass is 170 g/mol. The van der Waals surface area contributed by atoms with E-state index in [1.165, 1.54) is 6.08 Å². The van der Waals surface area contributed by atoms with Crippen molar-refractivity contribution < 1.29 is 19.1 Å². The maximum absolute atomic E-state index is 11.1. The number of ether oxygens (including phenoxy) is 2. The first kappa shape index (κ1) is 9.09. The second kappa shape index (κ2) is 4.13. The van der Waals surface area contributed by atoms with Crippen LogP contribution in [0.2, 0.25) is 0 Å². The van der Waals surface area contributed by atoms with E-state index in [4.69, 9.17) is 9.47 Å². The molecule has 0 aromatic rings.